The van der Waals surface area contributed by atoms with Gasteiger partial charge >= 0.3 is 0 Å². The molecule has 2 rings (SSSR count). The van der Waals surface area contributed by atoms with Gasteiger partial charge in [0.2, 0.25) is 0 Å². The Morgan fingerprint density at radius 2 is 0.895 bits per heavy atom. The van der Waals surface area contributed by atoms with E-state index in [1.54, 1.807) is 0 Å². The van der Waals surface area contributed by atoms with Crippen LogP contribution in [0.5, 0.6) is 0 Å². The Labute approximate surface area is 238 Å². The third-order valence-electron chi connectivity index (χ3n) is 8.66. The van der Waals surface area contributed by atoms with Crippen LogP contribution in [0.1, 0.15) is 174 Å². The van der Waals surface area contributed by atoms with Crippen molar-refractivity contribution >= 4 is 10.8 Å². The summed E-state index contributed by atoms with van der Waals surface area (Å²) in [5.74, 6) is 0.838. The van der Waals surface area contributed by atoms with E-state index in [0.29, 0.717) is 0 Å². The molecule has 0 nitrogen and oxygen atoms in total. The van der Waals surface area contributed by atoms with Crippen molar-refractivity contribution in [2.24, 2.45) is 5.92 Å². The van der Waals surface area contributed by atoms with Crippen LogP contribution < -0.4 is 0 Å². The van der Waals surface area contributed by atoms with Crippen LogP contribution in [0.4, 0.5) is 0 Å². The van der Waals surface area contributed by atoms with Crippen molar-refractivity contribution in [2.45, 2.75) is 174 Å². The van der Waals surface area contributed by atoms with Crippen LogP contribution in [0.15, 0.2) is 36.4 Å². The highest BCUT2D eigenvalue weighted by Gasteiger charge is 2.11. The summed E-state index contributed by atoms with van der Waals surface area (Å²) in [5.41, 5.74) is 1.43. The van der Waals surface area contributed by atoms with Crippen molar-refractivity contribution in [3.8, 4) is 0 Å². The molecule has 0 heteroatoms. The van der Waals surface area contributed by atoms with Gasteiger partial charge in [-0.05, 0) is 34.7 Å². The van der Waals surface area contributed by atoms with Crippen molar-refractivity contribution in [3.05, 3.63) is 48.0 Å². The number of benzene rings is 2. The molecule has 0 aromatic heterocycles. The maximum absolute atomic E-state index is 3.74. The van der Waals surface area contributed by atoms with Gasteiger partial charge in [-0.2, -0.15) is 0 Å². The van der Waals surface area contributed by atoms with Crippen LogP contribution in [0.25, 0.3) is 10.8 Å². The van der Waals surface area contributed by atoms with E-state index in [1.807, 2.05) is 0 Å². The van der Waals surface area contributed by atoms with Gasteiger partial charge in [0.05, 0.1) is 0 Å². The minimum atomic E-state index is 0.838. The molecule has 0 bridgehead atoms. The van der Waals surface area contributed by atoms with E-state index in [1.165, 1.54) is 177 Å². The molecule has 2 aromatic carbocycles. The second-order valence-electron chi connectivity index (χ2n) is 12.3. The smallest absolute Gasteiger partial charge is 0.00642 e. The molecule has 0 aliphatic carbocycles. The maximum Gasteiger partial charge on any atom is -0.00642 e. The average Bonchev–Trinajstić information content (AvgIpc) is 2.94. The van der Waals surface area contributed by atoms with Gasteiger partial charge in [0.25, 0.3) is 0 Å². The number of hydrogen-bond acceptors (Lipinski definition) is 0. The maximum atomic E-state index is 3.74. The molecule has 0 N–H and O–H groups in total. The largest absolute Gasteiger partial charge is 0.0654 e. The second-order valence-corrected chi connectivity index (χ2v) is 12.3. The summed E-state index contributed by atoms with van der Waals surface area (Å²) >= 11 is 0. The molecule has 1 radical (unpaired) electrons. The van der Waals surface area contributed by atoms with Crippen molar-refractivity contribution in [1.29, 1.82) is 0 Å². The lowest BCUT2D eigenvalue weighted by Gasteiger charge is -2.17. The molecule has 0 heterocycles. The van der Waals surface area contributed by atoms with Gasteiger partial charge in [0.15, 0.2) is 0 Å². The van der Waals surface area contributed by atoms with E-state index in [9.17, 15) is 0 Å². The predicted octanol–water partition coefficient (Wildman–Crippen LogP) is 13.2. The number of unbranched alkanes of at least 4 members (excludes halogenated alkanes) is 20. The second kappa shape index (κ2) is 23.6. The normalized spacial score (nSPS) is 12.4. The van der Waals surface area contributed by atoms with Gasteiger partial charge < -0.3 is 0 Å². The quantitative estimate of drug-likeness (QED) is 0.108. The fraction of sp³-hybridized carbons (Fsp3) is 0.737. The predicted molar refractivity (Wildman–Crippen MR) is 172 cm³/mol. The molecule has 2 aromatic rings. The van der Waals surface area contributed by atoms with Crippen molar-refractivity contribution in [2.75, 3.05) is 0 Å². The lowest BCUT2D eigenvalue weighted by Crippen LogP contribution is -2.05. The molecular formula is C38H63. The number of fused-ring (bicyclic) bond motifs is 1. The molecule has 215 valence electrons. The van der Waals surface area contributed by atoms with E-state index < -0.39 is 0 Å². The Hall–Kier alpha value is -1.30. The third kappa shape index (κ3) is 16.6. The molecule has 0 saturated carbocycles. The summed E-state index contributed by atoms with van der Waals surface area (Å²) in [7, 11) is 0. The van der Waals surface area contributed by atoms with E-state index in [2.05, 4.69) is 56.3 Å². The first-order chi connectivity index (χ1) is 18.8. The van der Waals surface area contributed by atoms with Gasteiger partial charge in [-0.3, -0.25) is 0 Å². The summed E-state index contributed by atoms with van der Waals surface area (Å²) in [5, 5.41) is 2.61. The zero-order valence-corrected chi connectivity index (χ0v) is 25.7. The third-order valence-corrected chi connectivity index (χ3v) is 8.66. The van der Waals surface area contributed by atoms with Crippen molar-refractivity contribution < 1.29 is 0 Å². The van der Waals surface area contributed by atoms with Crippen molar-refractivity contribution in [3.63, 3.8) is 0 Å². The van der Waals surface area contributed by atoms with E-state index in [4.69, 9.17) is 0 Å². The van der Waals surface area contributed by atoms with Crippen LogP contribution in [0, 0.1) is 12.0 Å². The Morgan fingerprint density at radius 1 is 0.474 bits per heavy atom. The molecule has 0 fully saturated rings. The highest BCUT2D eigenvalue weighted by Crippen LogP contribution is 2.25. The van der Waals surface area contributed by atoms with Gasteiger partial charge in [0, 0.05) is 0 Å². The van der Waals surface area contributed by atoms with Crippen LogP contribution in [-0.2, 0) is 6.42 Å². The van der Waals surface area contributed by atoms with Gasteiger partial charge in [-0.25, -0.2) is 0 Å². The number of rotatable bonds is 26. The van der Waals surface area contributed by atoms with E-state index in [-0.39, 0.29) is 0 Å². The molecule has 1 unspecified atom stereocenters. The fourth-order valence-electron chi connectivity index (χ4n) is 6.13. The zero-order chi connectivity index (χ0) is 26.9. The van der Waals surface area contributed by atoms with Crippen LogP contribution in [0.3, 0.4) is 0 Å². The lowest BCUT2D eigenvalue weighted by molar-refractivity contribution is 0.399. The monoisotopic (exact) mass is 519 g/mol. The van der Waals surface area contributed by atoms with E-state index in [0.717, 1.165) is 5.92 Å². The first-order valence-electron chi connectivity index (χ1n) is 17.2. The van der Waals surface area contributed by atoms with Gasteiger partial charge in [-0.1, -0.05) is 204 Å². The molecule has 0 aliphatic heterocycles. The highest BCUT2D eigenvalue weighted by atomic mass is 14.2. The lowest BCUT2D eigenvalue weighted by atomic mass is 9.88. The van der Waals surface area contributed by atoms with Crippen LogP contribution in [-0.4, -0.2) is 0 Å². The molecule has 1 atom stereocenters. The minimum absolute atomic E-state index is 0.838. The number of hydrogen-bond donors (Lipinski definition) is 0. The summed E-state index contributed by atoms with van der Waals surface area (Å²) < 4.78 is 0. The Balaban J connectivity index is 1.63. The minimum Gasteiger partial charge on any atom is -0.0654 e. The topological polar surface area (TPSA) is 0 Å². The molecule has 38 heavy (non-hydrogen) atoms. The summed E-state index contributed by atoms with van der Waals surface area (Å²) in [6.07, 6.45) is 35.7. The zero-order valence-electron chi connectivity index (χ0n) is 25.7. The molecular weight excluding hydrogens is 456 g/mol. The van der Waals surface area contributed by atoms with Gasteiger partial charge in [-0.15, -0.1) is 0 Å². The highest BCUT2D eigenvalue weighted by molar-refractivity contribution is 5.82. The summed E-state index contributed by atoms with van der Waals surface area (Å²) in [6, 6.07) is 17.1. The summed E-state index contributed by atoms with van der Waals surface area (Å²) in [4.78, 5) is 0. The molecule has 0 spiro atoms. The SMILES string of the molecule is CCCCCCCCCCCCCCC(CCCCCCCCCCCC)Cc1[c]c2ccccc2cc1. The first-order valence-corrected chi connectivity index (χ1v) is 17.2. The van der Waals surface area contributed by atoms with Crippen LogP contribution >= 0.6 is 0 Å². The Bertz CT molecular complexity index is 774. The van der Waals surface area contributed by atoms with Crippen LogP contribution in [0.2, 0.25) is 0 Å². The fourth-order valence-corrected chi connectivity index (χ4v) is 6.13. The van der Waals surface area contributed by atoms with Crippen molar-refractivity contribution in [1.82, 2.24) is 0 Å². The van der Waals surface area contributed by atoms with Gasteiger partial charge in [0.1, 0.15) is 0 Å². The Kier molecular flexibility index (Phi) is 20.4. The molecule has 0 aliphatic rings. The Morgan fingerprint density at radius 3 is 1.37 bits per heavy atom. The molecule has 0 saturated heterocycles. The average molecular weight is 520 g/mol. The standard InChI is InChI=1S/C38H63/c1-3-5-7-9-11-13-15-16-18-20-22-24-28-35(27-23-21-19-17-14-12-10-8-6-4-2)33-36-31-32-37-29-25-26-30-38(37)34-36/h25-26,29-32,35H,3-24,27-28,33H2,1-2H3. The summed E-state index contributed by atoms with van der Waals surface area (Å²) in [6.45, 7) is 4.62. The molecule has 0 amide bonds. The van der Waals surface area contributed by atoms with E-state index >= 15 is 0 Å². The first kappa shape index (κ1) is 32.9.